The molecule has 0 aliphatic carbocycles. The molecule has 0 bridgehead atoms. The summed E-state index contributed by atoms with van der Waals surface area (Å²) in [4.78, 5) is 33.1. The molecular formula is C21H28N4O3. The number of anilines is 1. The van der Waals surface area contributed by atoms with E-state index in [1.165, 1.54) is 0 Å². The Morgan fingerprint density at radius 1 is 1.25 bits per heavy atom. The normalized spacial score (nSPS) is 23.1. The maximum atomic E-state index is 12.8. The Morgan fingerprint density at radius 2 is 2.11 bits per heavy atom. The van der Waals surface area contributed by atoms with Gasteiger partial charge in [-0.15, -0.1) is 0 Å². The Kier molecular flexibility index (Phi) is 5.24. The lowest BCUT2D eigenvalue weighted by Crippen LogP contribution is -2.43. The van der Waals surface area contributed by atoms with Crippen LogP contribution >= 0.6 is 0 Å². The number of carbonyl (C=O) groups excluding carboxylic acids is 2. The molecule has 3 heterocycles. The van der Waals surface area contributed by atoms with E-state index in [2.05, 4.69) is 22.1 Å². The molecule has 7 heteroatoms. The quantitative estimate of drug-likeness (QED) is 0.857. The summed E-state index contributed by atoms with van der Waals surface area (Å²) >= 11 is 0. The third kappa shape index (κ3) is 3.84. The monoisotopic (exact) mass is 384 g/mol. The Labute approximate surface area is 165 Å². The second-order valence-corrected chi connectivity index (χ2v) is 7.87. The molecule has 4 rings (SSSR count). The predicted octanol–water partition coefficient (Wildman–Crippen LogP) is 2.71. The SMILES string of the molecule is CC[C@]1(CCC(=O)N2CCCN(c3nc4ccccc4o3)CC2)CCC(=O)N1. The highest BCUT2D eigenvalue weighted by Gasteiger charge is 2.36. The van der Waals surface area contributed by atoms with Crippen molar-refractivity contribution in [3.8, 4) is 0 Å². The van der Waals surface area contributed by atoms with Crippen molar-refractivity contribution in [2.24, 2.45) is 0 Å². The number of para-hydroxylation sites is 2. The summed E-state index contributed by atoms with van der Waals surface area (Å²) in [5.74, 6) is 0.284. The summed E-state index contributed by atoms with van der Waals surface area (Å²) < 4.78 is 5.88. The number of aromatic nitrogens is 1. The van der Waals surface area contributed by atoms with Gasteiger partial charge in [0.25, 0.3) is 6.01 Å². The lowest BCUT2D eigenvalue weighted by atomic mass is 9.88. The van der Waals surface area contributed by atoms with Crippen LogP contribution in [0, 0.1) is 0 Å². The molecule has 0 saturated carbocycles. The first-order valence-electron chi connectivity index (χ1n) is 10.3. The molecule has 2 amide bonds. The lowest BCUT2D eigenvalue weighted by molar-refractivity contribution is -0.131. The van der Waals surface area contributed by atoms with Crippen molar-refractivity contribution < 1.29 is 14.0 Å². The Morgan fingerprint density at radius 3 is 2.86 bits per heavy atom. The van der Waals surface area contributed by atoms with Crippen LogP contribution in [0.5, 0.6) is 0 Å². The van der Waals surface area contributed by atoms with Gasteiger partial charge in [0.2, 0.25) is 11.8 Å². The first-order chi connectivity index (χ1) is 13.6. The summed E-state index contributed by atoms with van der Waals surface area (Å²) in [5, 5.41) is 3.09. The molecule has 2 aromatic rings. The van der Waals surface area contributed by atoms with E-state index >= 15 is 0 Å². The van der Waals surface area contributed by atoms with Crippen molar-refractivity contribution >= 4 is 28.9 Å². The van der Waals surface area contributed by atoms with Gasteiger partial charge in [-0.1, -0.05) is 19.1 Å². The second kappa shape index (κ2) is 7.81. The Bertz CT molecular complexity index is 831. The molecule has 2 aliphatic rings. The molecule has 2 aliphatic heterocycles. The molecule has 1 N–H and O–H groups in total. The molecule has 0 unspecified atom stereocenters. The highest BCUT2D eigenvalue weighted by Crippen LogP contribution is 2.29. The van der Waals surface area contributed by atoms with Crippen molar-refractivity contribution in [3.63, 3.8) is 0 Å². The largest absolute Gasteiger partial charge is 0.423 e. The second-order valence-electron chi connectivity index (χ2n) is 7.87. The predicted molar refractivity (Wildman–Crippen MR) is 107 cm³/mol. The molecule has 0 spiro atoms. The van der Waals surface area contributed by atoms with Crippen LogP contribution in [-0.4, -0.2) is 53.4 Å². The first kappa shape index (κ1) is 18.8. The zero-order chi connectivity index (χ0) is 19.6. The summed E-state index contributed by atoms with van der Waals surface area (Å²) in [6, 6.07) is 8.39. The Balaban J connectivity index is 1.34. The van der Waals surface area contributed by atoms with E-state index in [1.54, 1.807) is 0 Å². The van der Waals surface area contributed by atoms with Crippen LogP contribution in [-0.2, 0) is 9.59 Å². The molecule has 28 heavy (non-hydrogen) atoms. The van der Waals surface area contributed by atoms with E-state index in [4.69, 9.17) is 4.42 Å². The molecule has 1 atom stereocenters. The fourth-order valence-corrected chi connectivity index (χ4v) is 4.26. The van der Waals surface area contributed by atoms with Crippen LogP contribution in [0.1, 0.15) is 45.4 Å². The van der Waals surface area contributed by atoms with Crippen LogP contribution in [0.4, 0.5) is 6.01 Å². The molecular weight excluding hydrogens is 356 g/mol. The number of oxazole rings is 1. The number of amides is 2. The molecule has 1 aromatic carbocycles. The third-order valence-electron chi connectivity index (χ3n) is 6.13. The van der Waals surface area contributed by atoms with Gasteiger partial charge in [0.1, 0.15) is 5.52 Å². The summed E-state index contributed by atoms with van der Waals surface area (Å²) in [6.45, 7) is 5.05. The van der Waals surface area contributed by atoms with Gasteiger partial charge in [-0.2, -0.15) is 4.98 Å². The highest BCUT2D eigenvalue weighted by molar-refractivity contribution is 5.80. The van der Waals surface area contributed by atoms with Crippen LogP contribution in [0.3, 0.4) is 0 Å². The van der Waals surface area contributed by atoms with Gasteiger partial charge in [-0.25, -0.2) is 0 Å². The average Bonchev–Trinajstić information content (AvgIpc) is 3.22. The number of carbonyl (C=O) groups is 2. The van der Waals surface area contributed by atoms with E-state index in [1.807, 2.05) is 29.2 Å². The van der Waals surface area contributed by atoms with Crippen LogP contribution in [0.2, 0.25) is 0 Å². The minimum absolute atomic E-state index is 0.109. The number of nitrogens with zero attached hydrogens (tertiary/aromatic N) is 3. The standard InChI is InChI=1S/C21H28N4O3/c1-2-21(10-8-18(26)23-21)11-9-19(27)24-12-5-13-25(15-14-24)20-22-16-6-3-4-7-17(16)28-20/h3-4,6-7H,2,5,8-15H2,1H3,(H,23,26)/t21-/m1/s1. The number of fused-ring (bicyclic) bond motifs is 1. The maximum absolute atomic E-state index is 12.8. The van der Waals surface area contributed by atoms with Gasteiger partial charge in [-0.05, 0) is 37.8 Å². The number of benzene rings is 1. The zero-order valence-corrected chi connectivity index (χ0v) is 16.4. The number of hydrogen-bond donors (Lipinski definition) is 1. The maximum Gasteiger partial charge on any atom is 0.298 e. The van der Waals surface area contributed by atoms with Gasteiger partial charge in [0.05, 0.1) is 0 Å². The summed E-state index contributed by atoms with van der Waals surface area (Å²) in [7, 11) is 0. The first-order valence-corrected chi connectivity index (χ1v) is 10.3. The molecule has 0 radical (unpaired) electrons. The number of rotatable bonds is 5. The van der Waals surface area contributed by atoms with Crippen LogP contribution in [0.25, 0.3) is 11.1 Å². The van der Waals surface area contributed by atoms with Gasteiger partial charge >= 0.3 is 0 Å². The molecule has 150 valence electrons. The lowest BCUT2D eigenvalue weighted by Gasteiger charge is -2.29. The number of nitrogens with one attached hydrogen (secondary N) is 1. The fourth-order valence-electron chi connectivity index (χ4n) is 4.26. The molecule has 7 nitrogen and oxygen atoms in total. The molecule has 2 saturated heterocycles. The summed E-state index contributed by atoms with van der Waals surface area (Å²) in [5.41, 5.74) is 1.46. The smallest absolute Gasteiger partial charge is 0.298 e. The van der Waals surface area contributed by atoms with E-state index < -0.39 is 0 Å². The van der Waals surface area contributed by atoms with Crippen molar-refractivity contribution in [3.05, 3.63) is 24.3 Å². The van der Waals surface area contributed by atoms with Gasteiger partial charge in [0, 0.05) is 44.6 Å². The van der Waals surface area contributed by atoms with Crippen LogP contribution < -0.4 is 10.2 Å². The zero-order valence-electron chi connectivity index (χ0n) is 16.4. The fraction of sp³-hybridized carbons (Fsp3) is 0.571. The van der Waals surface area contributed by atoms with Gasteiger partial charge in [0.15, 0.2) is 5.58 Å². The van der Waals surface area contributed by atoms with Gasteiger partial charge in [-0.3, -0.25) is 9.59 Å². The van der Waals surface area contributed by atoms with Crippen LogP contribution in [0.15, 0.2) is 28.7 Å². The van der Waals surface area contributed by atoms with Crippen molar-refractivity contribution in [2.75, 3.05) is 31.1 Å². The summed E-state index contributed by atoms with van der Waals surface area (Å²) in [6.07, 6.45) is 4.38. The van der Waals surface area contributed by atoms with Crippen molar-refractivity contribution in [2.45, 2.75) is 51.0 Å². The number of hydrogen-bond acceptors (Lipinski definition) is 5. The Hall–Kier alpha value is -2.57. The molecule has 1 aromatic heterocycles. The minimum Gasteiger partial charge on any atom is -0.423 e. The average molecular weight is 384 g/mol. The van der Waals surface area contributed by atoms with E-state index in [9.17, 15) is 9.59 Å². The van der Waals surface area contributed by atoms with Crippen molar-refractivity contribution in [1.82, 2.24) is 15.2 Å². The molecule has 2 fully saturated rings. The van der Waals surface area contributed by atoms with Crippen molar-refractivity contribution in [1.29, 1.82) is 0 Å². The highest BCUT2D eigenvalue weighted by atomic mass is 16.4. The van der Waals surface area contributed by atoms with E-state index in [0.717, 1.165) is 49.9 Å². The third-order valence-corrected chi connectivity index (χ3v) is 6.13. The topological polar surface area (TPSA) is 78.7 Å². The van der Waals surface area contributed by atoms with E-state index in [-0.39, 0.29) is 17.4 Å². The van der Waals surface area contributed by atoms with Gasteiger partial charge < -0.3 is 19.5 Å². The minimum atomic E-state index is -0.192. The van der Waals surface area contributed by atoms with E-state index in [0.29, 0.717) is 31.9 Å².